The number of halogens is 2. The Morgan fingerprint density at radius 2 is 1.88 bits per heavy atom. The zero-order valence-electron chi connectivity index (χ0n) is 9.21. The van der Waals surface area contributed by atoms with Crippen molar-refractivity contribution in [3.8, 4) is 5.75 Å². The highest BCUT2D eigenvalue weighted by Gasteiger charge is 2.27. The van der Waals surface area contributed by atoms with Gasteiger partial charge in [0.15, 0.2) is 0 Å². The lowest BCUT2D eigenvalue weighted by atomic mass is 9.91. The molecule has 16 heavy (non-hydrogen) atoms. The number of aromatic hydroxyl groups is 1. The summed E-state index contributed by atoms with van der Waals surface area (Å²) in [6.45, 7) is 5.67. The molecule has 1 fully saturated rings. The van der Waals surface area contributed by atoms with Gasteiger partial charge in [-0.05, 0) is 62.5 Å². The van der Waals surface area contributed by atoms with Gasteiger partial charge in [0.2, 0.25) is 0 Å². The normalized spacial score (nSPS) is 17.4. The molecule has 1 aromatic rings. The van der Waals surface area contributed by atoms with Crippen molar-refractivity contribution in [2.75, 3.05) is 19.6 Å². The van der Waals surface area contributed by atoms with Gasteiger partial charge in [0.25, 0.3) is 0 Å². The second-order valence-electron chi connectivity index (χ2n) is 4.29. The van der Waals surface area contributed by atoms with Gasteiger partial charge >= 0.3 is 0 Å². The summed E-state index contributed by atoms with van der Waals surface area (Å²) < 4.78 is 1.54. The van der Waals surface area contributed by atoms with Crippen LogP contribution in [0.4, 0.5) is 0 Å². The minimum Gasteiger partial charge on any atom is -0.506 e. The maximum atomic E-state index is 9.64. The minimum atomic E-state index is 0.286. The molecule has 0 spiro atoms. The number of hydrogen-bond donors (Lipinski definition) is 1. The fourth-order valence-corrected chi connectivity index (χ4v) is 3.32. The number of phenolic OH excluding ortho intramolecular Hbond substituents is 1. The van der Waals surface area contributed by atoms with Crippen LogP contribution in [0.2, 0.25) is 0 Å². The average Bonchev–Trinajstić information content (AvgIpc) is 2.18. The van der Waals surface area contributed by atoms with E-state index in [2.05, 4.69) is 43.7 Å². The van der Waals surface area contributed by atoms with E-state index in [-0.39, 0.29) is 5.75 Å². The summed E-state index contributed by atoms with van der Waals surface area (Å²) in [5.74, 6) is 0.897. The summed E-state index contributed by atoms with van der Waals surface area (Å²) in [6, 6.07) is 4.04. The molecule has 2 nitrogen and oxygen atoms in total. The van der Waals surface area contributed by atoms with E-state index < -0.39 is 0 Å². The molecule has 1 heterocycles. The van der Waals surface area contributed by atoms with E-state index in [1.165, 1.54) is 18.5 Å². The Kier molecular flexibility index (Phi) is 3.93. The third-order valence-corrected chi connectivity index (χ3v) is 4.22. The molecule has 88 valence electrons. The first-order valence-corrected chi connectivity index (χ1v) is 7.10. The molecular weight excluding hydrogens is 334 g/mol. The first-order valence-electron chi connectivity index (χ1n) is 5.52. The number of phenols is 1. The van der Waals surface area contributed by atoms with Gasteiger partial charge in [-0.3, -0.25) is 0 Å². The second-order valence-corrected chi connectivity index (χ2v) is 6.00. The molecule has 0 aliphatic carbocycles. The predicted octanol–water partition coefficient (Wildman–Crippen LogP) is 3.73. The van der Waals surface area contributed by atoms with Crippen LogP contribution in [0.5, 0.6) is 5.75 Å². The van der Waals surface area contributed by atoms with Crippen LogP contribution in [-0.4, -0.2) is 29.6 Å². The number of likely N-dealkylation sites (tertiary alicyclic amines) is 1. The summed E-state index contributed by atoms with van der Waals surface area (Å²) in [6.07, 6.45) is 1.22. The molecule has 1 aliphatic heterocycles. The van der Waals surface area contributed by atoms with Crippen molar-refractivity contribution in [2.24, 2.45) is 0 Å². The van der Waals surface area contributed by atoms with E-state index in [1.807, 2.05) is 12.1 Å². The molecule has 0 amide bonds. The molecular formula is C12H15Br2NO. The number of benzene rings is 1. The molecule has 0 saturated carbocycles. The van der Waals surface area contributed by atoms with Crippen LogP contribution in [0.15, 0.2) is 21.1 Å². The Labute approximate surface area is 113 Å². The third-order valence-electron chi connectivity index (χ3n) is 3.01. The first kappa shape index (κ1) is 12.4. The van der Waals surface area contributed by atoms with Gasteiger partial charge in [-0.1, -0.05) is 6.92 Å². The quantitative estimate of drug-likeness (QED) is 0.899. The highest BCUT2D eigenvalue weighted by atomic mass is 79.9. The SMILES string of the molecule is CCCN1CC(c2cc(Br)c(O)c(Br)c2)C1. The maximum absolute atomic E-state index is 9.64. The van der Waals surface area contributed by atoms with Crippen molar-refractivity contribution >= 4 is 31.9 Å². The Morgan fingerprint density at radius 1 is 1.31 bits per heavy atom. The molecule has 4 heteroatoms. The molecule has 2 rings (SSSR count). The van der Waals surface area contributed by atoms with Crippen LogP contribution in [0, 0.1) is 0 Å². The van der Waals surface area contributed by atoms with Crippen LogP contribution in [0.1, 0.15) is 24.8 Å². The van der Waals surface area contributed by atoms with Gasteiger partial charge in [-0.2, -0.15) is 0 Å². The summed E-state index contributed by atoms with van der Waals surface area (Å²) in [5.41, 5.74) is 1.30. The van der Waals surface area contributed by atoms with E-state index in [0.29, 0.717) is 5.92 Å². The lowest BCUT2D eigenvalue weighted by molar-refractivity contribution is 0.148. The van der Waals surface area contributed by atoms with E-state index >= 15 is 0 Å². The Morgan fingerprint density at radius 3 is 2.38 bits per heavy atom. The van der Waals surface area contributed by atoms with Gasteiger partial charge in [0.05, 0.1) is 8.95 Å². The zero-order valence-corrected chi connectivity index (χ0v) is 12.4. The average molecular weight is 349 g/mol. The molecule has 1 saturated heterocycles. The Balaban J connectivity index is 2.07. The van der Waals surface area contributed by atoms with Gasteiger partial charge < -0.3 is 10.0 Å². The summed E-state index contributed by atoms with van der Waals surface area (Å²) in [4.78, 5) is 2.46. The number of rotatable bonds is 3. The van der Waals surface area contributed by atoms with E-state index in [1.54, 1.807) is 0 Å². The molecule has 1 aliphatic rings. The van der Waals surface area contributed by atoms with Gasteiger partial charge in [0, 0.05) is 19.0 Å². The minimum absolute atomic E-state index is 0.286. The first-order chi connectivity index (χ1) is 7.61. The maximum Gasteiger partial charge on any atom is 0.143 e. The van der Waals surface area contributed by atoms with Crippen molar-refractivity contribution in [3.05, 3.63) is 26.6 Å². The summed E-state index contributed by atoms with van der Waals surface area (Å²) in [5, 5.41) is 9.64. The van der Waals surface area contributed by atoms with E-state index in [0.717, 1.165) is 22.0 Å². The van der Waals surface area contributed by atoms with Crippen molar-refractivity contribution in [1.29, 1.82) is 0 Å². The molecule has 0 bridgehead atoms. The topological polar surface area (TPSA) is 23.5 Å². The highest BCUT2D eigenvalue weighted by Crippen LogP contribution is 2.37. The summed E-state index contributed by atoms with van der Waals surface area (Å²) >= 11 is 6.74. The number of hydrogen-bond acceptors (Lipinski definition) is 2. The molecule has 0 unspecified atom stereocenters. The van der Waals surface area contributed by atoms with Gasteiger partial charge in [-0.25, -0.2) is 0 Å². The van der Waals surface area contributed by atoms with E-state index in [4.69, 9.17) is 0 Å². The fraction of sp³-hybridized carbons (Fsp3) is 0.500. The van der Waals surface area contributed by atoms with Crippen LogP contribution in [0.25, 0.3) is 0 Å². The smallest absolute Gasteiger partial charge is 0.143 e. The van der Waals surface area contributed by atoms with Crippen molar-refractivity contribution in [3.63, 3.8) is 0 Å². The van der Waals surface area contributed by atoms with Crippen LogP contribution >= 0.6 is 31.9 Å². The molecule has 0 atom stereocenters. The van der Waals surface area contributed by atoms with Crippen LogP contribution in [0.3, 0.4) is 0 Å². The molecule has 1 aromatic carbocycles. The van der Waals surface area contributed by atoms with Crippen molar-refractivity contribution in [1.82, 2.24) is 4.90 Å². The zero-order chi connectivity index (χ0) is 11.7. The van der Waals surface area contributed by atoms with Gasteiger partial charge in [0.1, 0.15) is 5.75 Å². The second kappa shape index (κ2) is 5.07. The highest BCUT2D eigenvalue weighted by molar-refractivity contribution is 9.11. The van der Waals surface area contributed by atoms with Gasteiger partial charge in [-0.15, -0.1) is 0 Å². The van der Waals surface area contributed by atoms with Crippen molar-refractivity contribution in [2.45, 2.75) is 19.3 Å². The Bertz CT molecular complexity index is 366. The lowest BCUT2D eigenvalue weighted by Gasteiger charge is -2.39. The largest absolute Gasteiger partial charge is 0.506 e. The van der Waals surface area contributed by atoms with Crippen molar-refractivity contribution < 1.29 is 5.11 Å². The lowest BCUT2D eigenvalue weighted by Crippen LogP contribution is -2.45. The predicted molar refractivity (Wildman–Crippen MR) is 73.0 cm³/mol. The standard InChI is InChI=1S/C12H15Br2NO/c1-2-3-15-6-9(7-15)8-4-10(13)12(16)11(14)5-8/h4-5,9,16H,2-3,6-7H2,1H3. The van der Waals surface area contributed by atoms with E-state index in [9.17, 15) is 5.11 Å². The molecule has 0 radical (unpaired) electrons. The van der Waals surface area contributed by atoms with Crippen LogP contribution in [-0.2, 0) is 0 Å². The number of nitrogens with zero attached hydrogens (tertiary/aromatic N) is 1. The van der Waals surface area contributed by atoms with Crippen LogP contribution < -0.4 is 0 Å². The molecule has 0 aromatic heterocycles. The summed E-state index contributed by atoms with van der Waals surface area (Å²) in [7, 11) is 0. The third kappa shape index (κ3) is 2.44. The monoisotopic (exact) mass is 347 g/mol. The fourth-order valence-electron chi connectivity index (χ4n) is 2.10. The molecule has 1 N–H and O–H groups in total. The Hall–Kier alpha value is -0.0600.